The van der Waals surface area contributed by atoms with Crippen LogP contribution in [0.15, 0.2) is 0 Å². The Bertz CT molecular complexity index is 404. The van der Waals surface area contributed by atoms with Gasteiger partial charge in [-0.3, -0.25) is 4.79 Å². The SMILES string of the molecule is Cn1nnnc1NC1CCCC1(C)C(=O)O. The van der Waals surface area contributed by atoms with Crippen LogP contribution in [-0.4, -0.2) is 37.3 Å². The number of nitrogens with zero attached hydrogens (tertiary/aromatic N) is 4. The summed E-state index contributed by atoms with van der Waals surface area (Å²) in [6, 6.07) is -0.116. The standard InChI is InChI=1S/C9H15N5O2/c1-9(7(15)16)5-3-4-6(9)10-8-11-12-13-14(8)2/h6H,3-5H2,1-2H3,(H,15,16)(H,10,11,13). The number of hydrogen-bond donors (Lipinski definition) is 2. The Morgan fingerprint density at radius 2 is 2.44 bits per heavy atom. The molecule has 1 heterocycles. The molecule has 88 valence electrons. The molecule has 1 aliphatic carbocycles. The number of rotatable bonds is 3. The fraction of sp³-hybridized carbons (Fsp3) is 0.778. The molecule has 2 N–H and O–H groups in total. The second-order valence-corrected chi connectivity index (χ2v) is 4.44. The van der Waals surface area contributed by atoms with E-state index < -0.39 is 11.4 Å². The van der Waals surface area contributed by atoms with Crippen LogP contribution < -0.4 is 5.32 Å². The predicted molar refractivity (Wildman–Crippen MR) is 55.8 cm³/mol. The van der Waals surface area contributed by atoms with Crippen molar-refractivity contribution >= 4 is 11.9 Å². The van der Waals surface area contributed by atoms with Gasteiger partial charge in [0.2, 0.25) is 5.95 Å². The molecule has 0 spiro atoms. The summed E-state index contributed by atoms with van der Waals surface area (Å²) in [4.78, 5) is 11.2. The van der Waals surface area contributed by atoms with Crippen molar-refractivity contribution in [3.05, 3.63) is 0 Å². The van der Waals surface area contributed by atoms with Crippen molar-refractivity contribution in [2.45, 2.75) is 32.2 Å². The van der Waals surface area contributed by atoms with Crippen molar-refractivity contribution in [1.29, 1.82) is 0 Å². The largest absolute Gasteiger partial charge is 0.481 e. The lowest BCUT2D eigenvalue weighted by Crippen LogP contribution is -2.40. The van der Waals surface area contributed by atoms with Gasteiger partial charge in [-0.25, -0.2) is 4.68 Å². The minimum atomic E-state index is -0.766. The molecule has 2 atom stereocenters. The molecule has 1 aromatic rings. The number of tetrazole rings is 1. The maximum atomic E-state index is 11.2. The number of aryl methyl sites for hydroxylation is 1. The smallest absolute Gasteiger partial charge is 0.311 e. The van der Waals surface area contributed by atoms with Crippen LogP contribution in [0.2, 0.25) is 0 Å². The number of aromatic nitrogens is 4. The molecule has 7 heteroatoms. The maximum absolute atomic E-state index is 11.2. The predicted octanol–water partition coefficient (Wildman–Crippen LogP) is 0.265. The van der Waals surface area contributed by atoms with Gasteiger partial charge < -0.3 is 10.4 Å². The van der Waals surface area contributed by atoms with Crippen LogP contribution >= 0.6 is 0 Å². The Hall–Kier alpha value is -1.66. The Balaban J connectivity index is 2.16. The van der Waals surface area contributed by atoms with Gasteiger partial charge in [-0.15, -0.1) is 0 Å². The number of aliphatic carboxylic acids is 1. The molecule has 1 aliphatic rings. The van der Waals surface area contributed by atoms with Gasteiger partial charge in [0, 0.05) is 13.1 Å². The molecule has 0 radical (unpaired) electrons. The van der Waals surface area contributed by atoms with Gasteiger partial charge in [0.05, 0.1) is 5.41 Å². The van der Waals surface area contributed by atoms with Gasteiger partial charge in [0.1, 0.15) is 0 Å². The average molecular weight is 225 g/mol. The molecule has 16 heavy (non-hydrogen) atoms. The fourth-order valence-electron chi connectivity index (χ4n) is 2.16. The van der Waals surface area contributed by atoms with E-state index in [2.05, 4.69) is 20.8 Å². The van der Waals surface area contributed by atoms with Crippen molar-refractivity contribution in [2.75, 3.05) is 5.32 Å². The minimum Gasteiger partial charge on any atom is -0.481 e. The van der Waals surface area contributed by atoms with Gasteiger partial charge in [0.25, 0.3) is 0 Å². The summed E-state index contributed by atoms with van der Waals surface area (Å²) < 4.78 is 1.50. The number of hydrogen-bond acceptors (Lipinski definition) is 5. The second-order valence-electron chi connectivity index (χ2n) is 4.44. The van der Waals surface area contributed by atoms with Crippen LogP contribution in [0.5, 0.6) is 0 Å². The van der Waals surface area contributed by atoms with E-state index in [1.807, 2.05) is 0 Å². The van der Waals surface area contributed by atoms with Crippen LogP contribution in [0.4, 0.5) is 5.95 Å². The first-order valence-corrected chi connectivity index (χ1v) is 5.26. The zero-order valence-electron chi connectivity index (χ0n) is 9.34. The number of carbonyl (C=O) groups is 1. The highest BCUT2D eigenvalue weighted by Gasteiger charge is 2.45. The third-order valence-corrected chi connectivity index (χ3v) is 3.37. The van der Waals surface area contributed by atoms with Crippen molar-refractivity contribution in [2.24, 2.45) is 12.5 Å². The van der Waals surface area contributed by atoms with E-state index in [9.17, 15) is 9.90 Å². The Morgan fingerprint density at radius 3 is 3.00 bits per heavy atom. The molecule has 1 saturated carbocycles. The van der Waals surface area contributed by atoms with Crippen molar-refractivity contribution < 1.29 is 9.90 Å². The zero-order chi connectivity index (χ0) is 11.8. The van der Waals surface area contributed by atoms with Crippen LogP contribution in [0, 0.1) is 5.41 Å². The van der Waals surface area contributed by atoms with Gasteiger partial charge in [-0.2, -0.15) is 0 Å². The number of nitrogens with one attached hydrogen (secondary N) is 1. The number of anilines is 1. The normalized spacial score (nSPS) is 29.2. The van der Waals surface area contributed by atoms with Crippen LogP contribution in [0.1, 0.15) is 26.2 Å². The summed E-state index contributed by atoms with van der Waals surface area (Å²) in [6.45, 7) is 1.77. The van der Waals surface area contributed by atoms with E-state index in [-0.39, 0.29) is 6.04 Å². The first-order chi connectivity index (χ1) is 7.54. The zero-order valence-corrected chi connectivity index (χ0v) is 9.34. The van der Waals surface area contributed by atoms with E-state index in [4.69, 9.17) is 0 Å². The highest BCUT2D eigenvalue weighted by atomic mass is 16.4. The molecule has 2 rings (SSSR count). The number of carboxylic acid groups (broad SMARTS) is 1. The average Bonchev–Trinajstić information content (AvgIpc) is 2.77. The molecule has 0 aliphatic heterocycles. The quantitative estimate of drug-likeness (QED) is 0.766. The minimum absolute atomic E-state index is 0.116. The van der Waals surface area contributed by atoms with Crippen molar-refractivity contribution in [3.8, 4) is 0 Å². The third-order valence-electron chi connectivity index (χ3n) is 3.37. The molecular formula is C9H15N5O2. The van der Waals surface area contributed by atoms with Crippen LogP contribution in [0.25, 0.3) is 0 Å². The van der Waals surface area contributed by atoms with Crippen molar-refractivity contribution in [1.82, 2.24) is 20.2 Å². The summed E-state index contributed by atoms with van der Waals surface area (Å²) in [5, 5.41) is 23.4. The molecule has 0 amide bonds. The van der Waals surface area contributed by atoms with E-state index in [0.29, 0.717) is 12.4 Å². The lowest BCUT2D eigenvalue weighted by atomic mass is 9.85. The van der Waals surface area contributed by atoms with Gasteiger partial charge in [0.15, 0.2) is 0 Å². The summed E-state index contributed by atoms with van der Waals surface area (Å²) >= 11 is 0. The molecule has 1 fully saturated rings. The number of carboxylic acids is 1. The van der Waals surface area contributed by atoms with E-state index >= 15 is 0 Å². The summed E-state index contributed by atoms with van der Waals surface area (Å²) in [6.07, 6.45) is 2.42. The summed E-state index contributed by atoms with van der Waals surface area (Å²) in [5.41, 5.74) is -0.730. The van der Waals surface area contributed by atoms with Crippen molar-refractivity contribution in [3.63, 3.8) is 0 Å². The third kappa shape index (κ3) is 1.62. The summed E-state index contributed by atoms with van der Waals surface area (Å²) in [7, 11) is 1.72. The van der Waals surface area contributed by atoms with E-state index in [1.54, 1.807) is 14.0 Å². The molecule has 0 aromatic carbocycles. The lowest BCUT2D eigenvalue weighted by Gasteiger charge is -2.27. The second kappa shape index (κ2) is 3.73. The first-order valence-electron chi connectivity index (χ1n) is 5.26. The van der Waals surface area contributed by atoms with Gasteiger partial charge >= 0.3 is 5.97 Å². The molecule has 0 bridgehead atoms. The first kappa shape index (κ1) is 10.8. The highest BCUT2D eigenvalue weighted by Crippen LogP contribution is 2.39. The van der Waals surface area contributed by atoms with Gasteiger partial charge in [-0.05, 0) is 30.2 Å². The monoisotopic (exact) mass is 225 g/mol. The Kier molecular flexibility index (Phi) is 2.53. The molecule has 0 saturated heterocycles. The van der Waals surface area contributed by atoms with Crippen LogP contribution in [0.3, 0.4) is 0 Å². The molecular weight excluding hydrogens is 210 g/mol. The summed E-state index contributed by atoms with van der Waals surface area (Å²) in [5.74, 6) is -0.253. The van der Waals surface area contributed by atoms with E-state index in [1.165, 1.54) is 4.68 Å². The van der Waals surface area contributed by atoms with Crippen LogP contribution in [-0.2, 0) is 11.8 Å². The lowest BCUT2D eigenvalue weighted by molar-refractivity contribution is -0.147. The highest BCUT2D eigenvalue weighted by molar-refractivity contribution is 5.76. The van der Waals surface area contributed by atoms with Gasteiger partial charge in [-0.1, -0.05) is 11.5 Å². The molecule has 7 nitrogen and oxygen atoms in total. The maximum Gasteiger partial charge on any atom is 0.311 e. The Labute approximate surface area is 92.8 Å². The molecule has 2 unspecified atom stereocenters. The molecule has 1 aromatic heterocycles. The fourth-order valence-corrected chi connectivity index (χ4v) is 2.16. The van der Waals surface area contributed by atoms with E-state index in [0.717, 1.165) is 12.8 Å². The Morgan fingerprint density at radius 1 is 1.69 bits per heavy atom. The topological polar surface area (TPSA) is 92.9 Å².